The summed E-state index contributed by atoms with van der Waals surface area (Å²) in [5, 5.41) is 3.32. The smallest absolute Gasteiger partial charge is 0.373 e. The van der Waals surface area contributed by atoms with E-state index in [2.05, 4.69) is 19.2 Å². The molecule has 1 aromatic carbocycles. The molecule has 1 N–H and O–H groups in total. The van der Waals surface area contributed by atoms with Gasteiger partial charge in [-0.25, -0.2) is 0 Å². The summed E-state index contributed by atoms with van der Waals surface area (Å²) in [5.74, 6) is 0.612. The maximum atomic E-state index is 13.1. The van der Waals surface area contributed by atoms with Gasteiger partial charge in [0.1, 0.15) is 0 Å². The zero-order valence-corrected chi connectivity index (χ0v) is 12.4. The Morgan fingerprint density at radius 1 is 1.29 bits per heavy atom. The molecule has 1 heterocycles. The molecule has 2 nitrogen and oxygen atoms in total. The number of halogens is 3. The lowest BCUT2D eigenvalue weighted by molar-refractivity contribution is -0.139. The number of alkyl halides is 3. The maximum absolute atomic E-state index is 13.1. The molecule has 0 radical (unpaired) electrons. The molecule has 0 bridgehead atoms. The minimum Gasteiger partial charge on any atom is -0.373 e. The van der Waals surface area contributed by atoms with E-state index in [0.29, 0.717) is 19.1 Å². The van der Waals surface area contributed by atoms with E-state index < -0.39 is 17.8 Å². The molecule has 1 fully saturated rings. The van der Waals surface area contributed by atoms with E-state index in [0.717, 1.165) is 19.0 Å². The van der Waals surface area contributed by atoms with E-state index in [1.165, 1.54) is 12.1 Å². The fourth-order valence-electron chi connectivity index (χ4n) is 2.75. The van der Waals surface area contributed by atoms with Crippen LogP contribution in [0.2, 0.25) is 0 Å². The van der Waals surface area contributed by atoms with Crippen molar-refractivity contribution in [2.75, 3.05) is 19.7 Å². The number of ether oxygens (including phenoxy) is 1. The first kappa shape index (κ1) is 16.3. The molecule has 2 atom stereocenters. The SMILES string of the molecule is CC(C)CNCC1CCOC1c1ccccc1C(F)(F)F. The van der Waals surface area contributed by atoms with Gasteiger partial charge in [0.25, 0.3) is 0 Å². The lowest BCUT2D eigenvalue weighted by Gasteiger charge is -2.23. The molecule has 1 aliphatic heterocycles. The summed E-state index contributed by atoms with van der Waals surface area (Å²) in [4.78, 5) is 0. The van der Waals surface area contributed by atoms with Crippen molar-refractivity contribution < 1.29 is 17.9 Å². The first-order valence-corrected chi connectivity index (χ1v) is 7.38. The predicted octanol–water partition coefficient (Wildman–Crippen LogP) is 4.03. The van der Waals surface area contributed by atoms with E-state index in [1.807, 2.05) is 0 Å². The van der Waals surface area contributed by atoms with E-state index in [-0.39, 0.29) is 11.5 Å². The van der Waals surface area contributed by atoms with Crippen molar-refractivity contribution in [3.05, 3.63) is 35.4 Å². The summed E-state index contributed by atoms with van der Waals surface area (Å²) in [6, 6.07) is 5.74. The predicted molar refractivity (Wildman–Crippen MR) is 76.0 cm³/mol. The first-order valence-electron chi connectivity index (χ1n) is 7.38. The minimum atomic E-state index is -4.33. The van der Waals surface area contributed by atoms with Gasteiger partial charge in [0.15, 0.2) is 0 Å². The van der Waals surface area contributed by atoms with Crippen LogP contribution in [0.3, 0.4) is 0 Å². The highest BCUT2D eigenvalue weighted by atomic mass is 19.4. The Morgan fingerprint density at radius 2 is 2.00 bits per heavy atom. The second kappa shape index (κ2) is 6.79. The molecule has 0 amide bonds. The molecule has 21 heavy (non-hydrogen) atoms. The van der Waals surface area contributed by atoms with Crippen LogP contribution in [0.25, 0.3) is 0 Å². The molecule has 2 rings (SSSR count). The van der Waals surface area contributed by atoms with Crippen LogP contribution in [0.5, 0.6) is 0 Å². The van der Waals surface area contributed by atoms with Gasteiger partial charge < -0.3 is 10.1 Å². The Morgan fingerprint density at radius 3 is 2.67 bits per heavy atom. The van der Waals surface area contributed by atoms with Crippen LogP contribution in [-0.4, -0.2) is 19.7 Å². The Hall–Kier alpha value is -1.07. The number of benzene rings is 1. The van der Waals surface area contributed by atoms with E-state index in [9.17, 15) is 13.2 Å². The largest absolute Gasteiger partial charge is 0.416 e. The van der Waals surface area contributed by atoms with Gasteiger partial charge in [0, 0.05) is 19.1 Å². The Labute approximate surface area is 123 Å². The molecule has 0 aromatic heterocycles. The molecule has 2 unspecified atom stereocenters. The van der Waals surface area contributed by atoms with Crippen molar-refractivity contribution in [3.63, 3.8) is 0 Å². The van der Waals surface area contributed by atoms with E-state index >= 15 is 0 Å². The van der Waals surface area contributed by atoms with Gasteiger partial charge in [-0.15, -0.1) is 0 Å². The van der Waals surface area contributed by atoms with E-state index in [4.69, 9.17) is 4.74 Å². The average molecular weight is 301 g/mol. The molecule has 0 spiro atoms. The molecule has 1 aliphatic rings. The Balaban J connectivity index is 2.13. The maximum Gasteiger partial charge on any atom is 0.416 e. The normalized spacial score (nSPS) is 23.0. The van der Waals surface area contributed by atoms with E-state index in [1.54, 1.807) is 6.07 Å². The highest BCUT2D eigenvalue weighted by Gasteiger charge is 2.38. The van der Waals surface area contributed by atoms with Crippen molar-refractivity contribution in [2.24, 2.45) is 11.8 Å². The third-order valence-electron chi connectivity index (χ3n) is 3.75. The van der Waals surface area contributed by atoms with Crippen molar-refractivity contribution in [1.82, 2.24) is 5.32 Å². The third kappa shape index (κ3) is 4.20. The summed E-state index contributed by atoms with van der Waals surface area (Å²) >= 11 is 0. The summed E-state index contributed by atoms with van der Waals surface area (Å²) in [5.41, 5.74) is -0.315. The fourth-order valence-corrected chi connectivity index (χ4v) is 2.75. The molecule has 1 saturated heterocycles. The van der Waals surface area contributed by atoms with Crippen molar-refractivity contribution in [3.8, 4) is 0 Å². The molecule has 0 aliphatic carbocycles. The monoisotopic (exact) mass is 301 g/mol. The topological polar surface area (TPSA) is 21.3 Å². The molecule has 5 heteroatoms. The van der Waals surface area contributed by atoms with Crippen molar-refractivity contribution in [1.29, 1.82) is 0 Å². The van der Waals surface area contributed by atoms with Gasteiger partial charge in [-0.1, -0.05) is 32.0 Å². The average Bonchev–Trinajstić information content (AvgIpc) is 2.85. The van der Waals surface area contributed by atoms with Crippen molar-refractivity contribution in [2.45, 2.75) is 32.5 Å². The van der Waals surface area contributed by atoms with Crippen molar-refractivity contribution >= 4 is 0 Å². The van der Waals surface area contributed by atoms with Gasteiger partial charge in [-0.2, -0.15) is 13.2 Å². The van der Waals surface area contributed by atoms with Gasteiger partial charge in [0.05, 0.1) is 11.7 Å². The number of hydrogen-bond acceptors (Lipinski definition) is 2. The number of hydrogen-bond donors (Lipinski definition) is 1. The lowest BCUT2D eigenvalue weighted by atomic mass is 9.91. The minimum absolute atomic E-state index is 0.0900. The summed E-state index contributed by atoms with van der Waals surface area (Å²) in [6.07, 6.45) is -4.01. The zero-order chi connectivity index (χ0) is 15.5. The van der Waals surface area contributed by atoms with Gasteiger partial charge in [0.2, 0.25) is 0 Å². The summed E-state index contributed by atoms with van der Waals surface area (Å²) in [6.45, 7) is 6.28. The Bertz CT molecular complexity index is 459. The van der Waals surface area contributed by atoms with Crippen LogP contribution in [0.15, 0.2) is 24.3 Å². The van der Waals surface area contributed by atoms with Gasteiger partial charge >= 0.3 is 6.18 Å². The molecule has 0 saturated carbocycles. The second-order valence-electron chi connectivity index (χ2n) is 5.98. The van der Waals surface area contributed by atoms with Crippen LogP contribution in [-0.2, 0) is 10.9 Å². The zero-order valence-electron chi connectivity index (χ0n) is 12.4. The molecular formula is C16H22F3NO. The van der Waals surface area contributed by atoms with Gasteiger partial charge in [-0.3, -0.25) is 0 Å². The first-order chi connectivity index (χ1) is 9.89. The lowest BCUT2D eigenvalue weighted by Crippen LogP contribution is -2.28. The molecule has 1 aromatic rings. The van der Waals surface area contributed by atoms with Crippen LogP contribution in [0.1, 0.15) is 37.5 Å². The molecular weight excluding hydrogens is 279 g/mol. The Kier molecular flexibility index (Phi) is 5.27. The number of nitrogens with one attached hydrogen (secondary N) is 1. The standard InChI is InChI=1S/C16H22F3NO/c1-11(2)9-20-10-12-7-8-21-15(12)13-5-3-4-6-14(13)16(17,18)19/h3-6,11-12,15,20H,7-10H2,1-2H3. The molecule has 118 valence electrons. The highest BCUT2D eigenvalue weighted by Crippen LogP contribution is 2.41. The van der Waals surface area contributed by atoms with Crippen LogP contribution >= 0.6 is 0 Å². The highest BCUT2D eigenvalue weighted by molar-refractivity contribution is 5.32. The third-order valence-corrected chi connectivity index (χ3v) is 3.75. The summed E-state index contributed by atoms with van der Waals surface area (Å²) in [7, 11) is 0. The van der Waals surface area contributed by atoms with Crippen LogP contribution in [0, 0.1) is 11.8 Å². The van der Waals surface area contributed by atoms with Crippen LogP contribution < -0.4 is 5.32 Å². The van der Waals surface area contributed by atoms with Gasteiger partial charge in [-0.05, 0) is 30.5 Å². The van der Waals surface area contributed by atoms with Crippen LogP contribution in [0.4, 0.5) is 13.2 Å². The summed E-state index contributed by atoms with van der Waals surface area (Å²) < 4.78 is 45.0. The second-order valence-corrected chi connectivity index (χ2v) is 5.98. The fraction of sp³-hybridized carbons (Fsp3) is 0.625. The number of rotatable bonds is 5. The quantitative estimate of drug-likeness (QED) is 0.886.